The van der Waals surface area contributed by atoms with Crippen molar-refractivity contribution in [2.45, 2.75) is 45.5 Å². The minimum absolute atomic E-state index is 0.00250. The van der Waals surface area contributed by atoms with Crippen LogP contribution in [0.5, 0.6) is 11.5 Å². The van der Waals surface area contributed by atoms with E-state index in [1.165, 1.54) is 0 Å². The van der Waals surface area contributed by atoms with E-state index in [0.29, 0.717) is 5.54 Å². The van der Waals surface area contributed by atoms with Crippen LogP contribution in [-0.4, -0.2) is 18.3 Å². The molecule has 0 aliphatic carbocycles. The van der Waals surface area contributed by atoms with Crippen molar-refractivity contribution in [3.8, 4) is 11.5 Å². The normalized spacial score (nSPS) is 13.8. The lowest BCUT2D eigenvalue weighted by molar-refractivity contribution is 0.398. The van der Waals surface area contributed by atoms with E-state index in [1.54, 1.807) is 6.07 Å². The first-order valence-electron chi connectivity index (χ1n) is 5.82. The maximum Gasteiger partial charge on any atom is 0.160 e. The Morgan fingerprint density at radius 1 is 1.19 bits per heavy atom. The molecule has 16 heavy (non-hydrogen) atoms. The Morgan fingerprint density at radius 3 is 2.19 bits per heavy atom. The summed E-state index contributed by atoms with van der Waals surface area (Å²) in [7, 11) is -1.37. The molecule has 0 heterocycles. The summed E-state index contributed by atoms with van der Waals surface area (Å²) in [4.78, 5) is 0. The number of rotatable bonds is 3. The summed E-state index contributed by atoms with van der Waals surface area (Å²) in [5, 5.41) is 19.6. The second kappa shape index (κ2) is 4.50. The third-order valence-electron chi connectivity index (χ3n) is 3.40. The van der Waals surface area contributed by atoms with E-state index < -0.39 is 8.07 Å². The zero-order valence-electron chi connectivity index (χ0n) is 10.8. The van der Waals surface area contributed by atoms with Crippen LogP contribution in [0.2, 0.25) is 19.6 Å². The Balaban J connectivity index is 3.35. The Morgan fingerprint density at radius 2 is 1.75 bits per heavy atom. The topological polar surface area (TPSA) is 40.5 Å². The molecule has 0 aliphatic heterocycles. The number of aryl methyl sites for hydroxylation is 1. The number of hydrogen-bond donors (Lipinski definition) is 2. The van der Waals surface area contributed by atoms with Crippen molar-refractivity contribution in [3.05, 3.63) is 23.3 Å². The van der Waals surface area contributed by atoms with E-state index in [0.717, 1.165) is 17.5 Å². The molecule has 0 fully saturated rings. The van der Waals surface area contributed by atoms with Gasteiger partial charge in [0.05, 0.1) is 8.07 Å². The fraction of sp³-hybridized carbons (Fsp3) is 0.538. The molecule has 2 nitrogen and oxygen atoms in total. The molecule has 1 atom stereocenters. The lowest BCUT2D eigenvalue weighted by atomic mass is 10.0. The van der Waals surface area contributed by atoms with Gasteiger partial charge in [-0.2, -0.15) is 0 Å². The smallest absolute Gasteiger partial charge is 0.160 e. The van der Waals surface area contributed by atoms with E-state index in [1.807, 2.05) is 6.07 Å². The van der Waals surface area contributed by atoms with Crippen LogP contribution in [0.25, 0.3) is 0 Å². The molecule has 1 aromatic rings. The molecule has 0 saturated carbocycles. The molecule has 0 radical (unpaired) electrons. The standard InChI is InChI=1S/C13H22O2Si/c1-6-10-7-8-11(14)13(15)12(10)9(2)16(3,4)5/h7-9,14-15H,6H2,1-5H3. The highest BCUT2D eigenvalue weighted by molar-refractivity contribution is 6.77. The quantitative estimate of drug-likeness (QED) is 0.623. The summed E-state index contributed by atoms with van der Waals surface area (Å²) < 4.78 is 0. The summed E-state index contributed by atoms with van der Waals surface area (Å²) in [5.41, 5.74) is 2.43. The van der Waals surface area contributed by atoms with Crippen molar-refractivity contribution in [2.75, 3.05) is 0 Å². The number of aromatic hydroxyl groups is 2. The van der Waals surface area contributed by atoms with Gasteiger partial charge < -0.3 is 10.2 Å². The summed E-state index contributed by atoms with van der Waals surface area (Å²) >= 11 is 0. The largest absolute Gasteiger partial charge is 0.504 e. The van der Waals surface area contributed by atoms with Crippen LogP contribution in [0.4, 0.5) is 0 Å². The van der Waals surface area contributed by atoms with Crippen LogP contribution < -0.4 is 0 Å². The van der Waals surface area contributed by atoms with Gasteiger partial charge in [-0.05, 0) is 23.6 Å². The van der Waals surface area contributed by atoms with Gasteiger partial charge in [0.25, 0.3) is 0 Å². The van der Waals surface area contributed by atoms with Crippen LogP contribution >= 0.6 is 0 Å². The molecule has 0 aromatic heterocycles. The number of hydrogen-bond acceptors (Lipinski definition) is 2. The molecule has 1 unspecified atom stereocenters. The van der Waals surface area contributed by atoms with Gasteiger partial charge in [-0.3, -0.25) is 0 Å². The Kier molecular flexibility index (Phi) is 3.68. The number of phenols is 2. The Hall–Kier alpha value is -0.963. The summed E-state index contributed by atoms with van der Waals surface area (Å²) in [6.45, 7) is 11.1. The third kappa shape index (κ3) is 2.40. The first-order valence-corrected chi connectivity index (χ1v) is 9.40. The van der Waals surface area contributed by atoms with Crippen molar-refractivity contribution in [1.29, 1.82) is 0 Å². The molecule has 0 amide bonds. The molecule has 1 rings (SSSR count). The second-order valence-corrected chi connectivity index (χ2v) is 11.0. The highest BCUT2D eigenvalue weighted by Crippen LogP contribution is 2.40. The first-order chi connectivity index (χ1) is 7.29. The molecule has 1 aromatic carbocycles. The summed E-state index contributed by atoms with van der Waals surface area (Å²) in [6, 6.07) is 3.50. The molecular weight excluding hydrogens is 216 g/mol. The molecule has 3 heteroatoms. The lowest BCUT2D eigenvalue weighted by Gasteiger charge is -2.28. The fourth-order valence-electron chi connectivity index (χ4n) is 1.86. The van der Waals surface area contributed by atoms with E-state index in [4.69, 9.17) is 0 Å². The van der Waals surface area contributed by atoms with Crippen LogP contribution in [0.1, 0.15) is 30.5 Å². The SMILES string of the molecule is CCc1ccc(O)c(O)c1C(C)[Si](C)(C)C. The minimum Gasteiger partial charge on any atom is -0.504 e. The zero-order chi connectivity index (χ0) is 12.5. The highest BCUT2D eigenvalue weighted by Gasteiger charge is 2.28. The van der Waals surface area contributed by atoms with Crippen LogP contribution in [0.15, 0.2) is 12.1 Å². The molecule has 2 N–H and O–H groups in total. The lowest BCUT2D eigenvalue weighted by Crippen LogP contribution is -2.29. The summed E-state index contributed by atoms with van der Waals surface area (Å²) in [6.07, 6.45) is 0.887. The van der Waals surface area contributed by atoms with Crippen molar-refractivity contribution >= 4 is 8.07 Å². The molecule has 90 valence electrons. The summed E-state index contributed by atoms with van der Waals surface area (Å²) in [5.74, 6) is 0.0755. The second-order valence-electron chi connectivity index (χ2n) is 5.45. The van der Waals surface area contributed by atoms with Gasteiger partial charge >= 0.3 is 0 Å². The third-order valence-corrected chi connectivity index (χ3v) is 6.29. The predicted octanol–water partition coefficient (Wildman–Crippen LogP) is 3.64. The maximum absolute atomic E-state index is 10.0. The van der Waals surface area contributed by atoms with Crippen molar-refractivity contribution < 1.29 is 10.2 Å². The number of benzene rings is 1. The Labute approximate surface area is 99.0 Å². The van der Waals surface area contributed by atoms with Gasteiger partial charge in [0.15, 0.2) is 11.5 Å². The van der Waals surface area contributed by atoms with Crippen LogP contribution in [-0.2, 0) is 6.42 Å². The van der Waals surface area contributed by atoms with E-state index in [2.05, 4.69) is 33.5 Å². The molecule has 0 aliphatic rings. The van der Waals surface area contributed by atoms with Gasteiger partial charge in [0.1, 0.15) is 0 Å². The van der Waals surface area contributed by atoms with Crippen LogP contribution in [0, 0.1) is 0 Å². The predicted molar refractivity (Wildman–Crippen MR) is 70.9 cm³/mol. The van der Waals surface area contributed by atoms with Crippen molar-refractivity contribution in [1.82, 2.24) is 0 Å². The average Bonchev–Trinajstić information content (AvgIpc) is 2.19. The molecule has 0 bridgehead atoms. The fourth-order valence-corrected chi connectivity index (χ4v) is 3.05. The van der Waals surface area contributed by atoms with Crippen LogP contribution in [0.3, 0.4) is 0 Å². The average molecular weight is 238 g/mol. The Bertz CT molecular complexity index is 380. The molecule has 0 spiro atoms. The van der Waals surface area contributed by atoms with Gasteiger partial charge in [-0.25, -0.2) is 0 Å². The van der Waals surface area contributed by atoms with Gasteiger partial charge in [-0.15, -0.1) is 0 Å². The van der Waals surface area contributed by atoms with Crippen molar-refractivity contribution in [2.24, 2.45) is 0 Å². The minimum atomic E-state index is -1.37. The van der Waals surface area contributed by atoms with E-state index in [-0.39, 0.29) is 11.5 Å². The van der Waals surface area contributed by atoms with Gasteiger partial charge in [0.2, 0.25) is 0 Å². The highest BCUT2D eigenvalue weighted by atomic mass is 28.3. The molecular formula is C13H22O2Si. The molecule has 0 saturated heterocycles. The van der Waals surface area contributed by atoms with Gasteiger partial charge in [-0.1, -0.05) is 39.6 Å². The number of phenolic OH excluding ortho intramolecular Hbond substituents is 2. The van der Waals surface area contributed by atoms with E-state index >= 15 is 0 Å². The monoisotopic (exact) mass is 238 g/mol. The van der Waals surface area contributed by atoms with Crippen molar-refractivity contribution in [3.63, 3.8) is 0 Å². The van der Waals surface area contributed by atoms with Gasteiger partial charge in [0, 0.05) is 5.56 Å². The van der Waals surface area contributed by atoms with E-state index in [9.17, 15) is 10.2 Å². The maximum atomic E-state index is 10.0. The first kappa shape index (κ1) is 13.1. The zero-order valence-corrected chi connectivity index (χ0v) is 11.8.